The van der Waals surface area contributed by atoms with Crippen LogP contribution >= 0.6 is 0 Å². The van der Waals surface area contributed by atoms with Crippen LogP contribution in [0.1, 0.15) is 0 Å². The van der Waals surface area contributed by atoms with E-state index in [1.165, 1.54) is 0 Å². The zero-order valence-electron chi connectivity index (χ0n) is 22.6. The van der Waals surface area contributed by atoms with Crippen molar-refractivity contribution in [2.24, 2.45) is 0 Å². The zero-order valence-corrected chi connectivity index (χ0v) is 22.6. The van der Waals surface area contributed by atoms with Gasteiger partial charge in [0.2, 0.25) is 0 Å². The Morgan fingerprint density at radius 2 is 0.714 bits per heavy atom. The third kappa shape index (κ3) is 4.27. The summed E-state index contributed by atoms with van der Waals surface area (Å²) in [6.07, 6.45) is 0. The van der Waals surface area contributed by atoms with Crippen molar-refractivity contribution in [2.75, 3.05) is 0 Å². The molecule has 0 saturated carbocycles. The summed E-state index contributed by atoms with van der Waals surface area (Å²) in [5, 5.41) is 4.31. The van der Waals surface area contributed by atoms with Gasteiger partial charge in [-0.05, 0) is 35.0 Å². The fourth-order valence-electron chi connectivity index (χ4n) is 5.57. The molecule has 0 bridgehead atoms. The van der Waals surface area contributed by atoms with E-state index in [0.717, 1.165) is 66.2 Å². The minimum atomic E-state index is 0.712. The molecule has 4 nitrogen and oxygen atoms in total. The van der Waals surface area contributed by atoms with E-state index < -0.39 is 0 Å². The van der Waals surface area contributed by atoms with Crippen molar-refractivity contribution in [3.63, 3.8) is 0 Å². The van der Waals surface area contributed by atoms with Gasteiger partial charge in [-0.25, -0.2) is 19.9 Å². The maximum atomic E-state index is 5.05. The van der Waals surface area contributed by atoms with E-state index in [1.54, 1.807) is 0 Å². The SMILES string of the molecule is c1ccc(-c2nc(-c3ccc4cc(-c5nc(-c6ccccc6)c6ccccc6n5)ccc4c3)nc3ccccc23)cc1. The van der Waals surface area contributed by atoms with Gasteiger partial charge in [-0.3, -0.25) is 0 Å². The Balaban J connectivity index is 1.23. The van der Waals surface area contributed by atoms with Gasteiger partial charge < -0.3 is 0 Å². The number of hydrogen-bond donors (Lipinski definition) is 0. The summed E-state index contributed by atoms with van der Waals surface area (Å²) in [5.74, 6) is 1.42. The average Bonchev–Trinajstić information content (AvgIpc) is 3.07. The zero-order chi connectivity index (χ0) is 27.9. The molecule has 42 heavy (non-hydrogen) atoms. The first-order valence-electron chi connectivity index (χ1n) is 14.0. The molecule has 4 heteroatoms. The van der Waals surface area contributed by atoms with Gasteiger partial charge in [0.25, 0.3) is 0 Å². The van der Waals surface area contributed by atoms with Crippen molar-refractivity contribution in [1.82, 2.24) is 19.9 Å². The number of hydrogen-bond acceptors (Lipinski definition) is 4. The van der Waals surface area contributed by atoms with E-state index in [4.69, 9.17) is 19.9 Å². The first-order chi connectivity index (χ1) is 20.8. The standard InChI is InChI=1S/C38H24N4/c1-3-11-25(12-4-1)35-31-15-7-9-17-33(31)39-37(41-35)29-21-19-28-24-30(22-20-27(28)23-29)38-40-34-18-10-8-16-32(34)36(42-38)26-13-5-2-6-14-26/h1-24H. The third-order valence-electron chi connectivity index (χ3n) is 7.66. The Morgan fingerprint density at radius 3 is 1.17 bits per heavy atom. The summed E-state index contributed by atoms with van der Waals surface area (Å²) in [4.78, 5) is 20.0. The second-order valence-electron chi connectivity index (χ2n) is 10.3. The molecule has 0 amide bonds. The molecule has 8 rings (SSSR count). The van der Waals surface area contributed by atoms with Gasteiger partial charge >= 0.3 is 0 Å². The van der Waals surface area contributed by atoms with Gasteiger partial charge in [-0.15, -0.1) is 0 Å². The smallest absolute Gasteiger partial charge is 0.160 e. The van der Waals surface area contributed by atoms with E-state index in [1.807, 2.05) is 72.8 Å². The molecule has 0 fully saturated rings. The number of benzene rings is 6. The molecule has 0 N–H and O–H groups in total. The second-order valence-corrected chi connectivity index (χ2v) is 10.3. The molecule has 0 aliphatic heterocycles. The van der Waals surface area contributed by atoms with Crippen LogP contribution in [0.3, 0.4) is 0 Å². The molecule has 0 atom stereocenters. The quantitative estimate of drug-likeness (QED) is 0.225. The van der Waals surface area contributed by atoms with Crippen LogP contribution in [-0.2, 0) is 0 Å². The van der Waals surface area contributed by atoms with Gasteiger partial charge in [-0.2, -0.15) is 0 Å². The summed E-state index contributed by atoms with van der Waals surface area (Å²) in [6.45, 7) is 0. The predicted octanol–water partition coefficient (Wildman–Crippen LogP) is 9.39. The highest BCUT2D eigenvalue weighted by Gasteiger charge is 2.14. The maximum absolute atomic E-state index is 5.05. The highest BCUT2D eigenvalue weighted by atomic mass is 14.9. The molecule has 0 radical (unpaired) electrons. The lowest BCUT2D eigenvalue weighted by atomic mass is 10.0. The number of fused-ring (bicyclic) bond motifs is 3. The molecule has 8 aromatic rings. The largest absolute Gasteiger partial charge is 0.228 e. The highest BCUT2D eigenvalue weighted by Crippen LogP contribution is 2.33. The molecule has 0 saturated heterocycles. The summed E-state index contributed by atoms with van der Waals surface area (Å²) < 4.78 is 0. The summed E-state index contributed by atoms with van der Waals surface area (Å²) in [7, 11) is 0. The van der Waals surface area contributed by atoms with Crippen LogP contribution in [0.15, 0.2) is 146 Å². The number of para-hydroxylation sites is 2. The van der Waals surface area contributed by atoms with Gasteiger partial charge in [0, 0.05) is 33.0 Å². The first kappa shape index (κ1) is 24.1. The summed E-state index contributed by atoms with van der Waals surface area (Å²) in [6, 6.07) is 49.8. The van der Waals surface area contributed by atoms with Crippen LogP contribution in [0.4, 0.5) is 0 Å². The van der Waals surface area contributed by atoms with Gasteiger partial charge in [0.05, 0.1) is 22.4 Å². The molecule has 0 aliphatic carbocycles. The molecule has 196 valence electrons. The Labute approximate surface area is 243 Å². The molecule has 2 aromatic heterocycles. The normalized spacial score (nSPS) is 11.3. The van der Waals surface area contributed by atoms with Crippen LogP contribution in [0.2, 0.25) is 0 Å². The lowest BCUT2D eigenvalue weighted by Crippen LogP contribution is -1.96. The fourth-order valence-corrected chi connectivity index (χ4v) is 5.57. The number of aromatic nitrogens is 4. The van der Waals surface area contributed by atoms with Gasteiger partial charge in [0.15, 0.2) is 11.6 Å². The van der Waals surface area contributed by atoms with Crippen LogP contribution in [0.25, 0.3) is 77.9 Å². The lowest BCUT2D eigenvalue weighted by molar-refractivity contribution is 1.23. The Morgan fingerprint density at radius 1 is 0.310 bits per heavy atom. The molecule has 2 heterocycles. The minimum absolute atomic E-state index is 0.712. The predicted molar refractivity (Wildman–Crippen MR) is 172 cm³/mol. The van der Waals surface area contributed by atoms with Crippen molar-refractivity contribution in [3.8, 4) is 45.3 Å². The van der Waals surface area contributed by atoms with E-state index in [-0.39, 0.29) is 0 Å². The van der Waals surface area contributed by atoms with Crippen molar-refractivity contribution in [3.05, 3.63) is 146 Å². The van der Waals surface area contributed by atoms with Crippen molar-refractivity contribution in [2.45, 2.75) is 0 Å². The number of rotatable bonds is 4. The number of nitrogens with zero attached hydrogens (tertiary/aromatic N) is 4. The first-order valence-corrected chi connectivity index (χ1v) is 14.0. The second kappa shape index (κ2) is 10.0. The Bertz CT molecular complexity index is 2080. The Hall–Kier alpha value is -5.74. The molecule has 0 aliphatic rings. The van der Waals surface area contributed by atoms with E-state index in [2.05, 4.69) is 72.8 Å². The highest BCUT2D eigenvalue weighted by molar-refractivity contribution is 5.96. The van der Waals surface area contributed by atoms with Crippen LogP contribution in [0, 0.1) is 0 Å². The average molecular weight is 537 g/mol. The maximum Gasteiger partial charge on any atom is 0.160 e. The molecule has 0 unspecified atom stereocenters. The third-order valence-corrected chi connectivity index (χ3v) is 7.66. The topological polar surface area (TPSA) is 51.6 Å². The van der Waals surface area contributed by atoms with Crippen LogP contribution in [-0.4, -0.2) is 19.9 Å². The Kier molecular flexibility index (Phi) is 5.75. The molecular weight excluding hydrogens is 512 g/mol. The van der Waals surface area contributed by atoms with E-state index in [0.29, 0.717) is 11.6 Å². The van der Waals surface area contributed by atoms with Crippen molar-refractivity contribution < 1.29 is 0 Å². The monoisotopic (exact) mass is 536 g/mol. The van der Waals surface area contributed by atoms with Crippen molar-refractivity contribution in [1.29, 1.82) is 0 Å². The van der Waals surface area contributed by atoms with Gasteiger partial charge in [0.1, 0.15) is 0 Å². The van der Waals surface area contributed by atoms with Crippen molar-refractivity contribution >= 4 is 32.6 Å². The summed E-state index contributed by atoms with van der Waals surface area (Å²) >= 11 is 0. The molecule has 6 aromatic carbocycles. The van der Waals surface area contributed by atoms with E-state index in [9.17, 15) is 0 Å². The van der Waals surface area contributed by atoms with Crippen LogP contribution < -0.4 is 0 Å². The van der Waals surface area contributed by atoms with E-state index >= 15 is 0 Å². The van der Waals surface area contributed by atoms with Crippen LogP contribution in [0.5, 0.6) is 0 Å². The molecule has 0 spiro atoms. The fraction of sp³-hybridized carbons (Fsp3) is 0. The molecular formula is C38H24N4. The summed E-state index contributed by atoms with van der Waals surface area (Å²) in [5.41, 5.74) is 7.85. The van der Waals surface area contributed by atoms with Gasteiger partial charge in [-0.1, -0.05) is 121 Å². The minimum Gasteiger partial charge on any atom is -0.228 e. The lowest BCUT2D eigenvalue weighted by Gasteiger charge is -2.11.